The maximum atomic E-state index is 14.4. The lowest BCUT2D eigenvalue weighted by molar-refractivity contribution is -0.137. The van der Waals surface area contributed by atoms with E-state index >= 15 is 0 Å². The third-order valence-corrected chi connectivity index (χ3v) is 3.50. The van der Waals surface area contributed by atoms with Crippen molar-refractivity contribution in [2.45, 2.75) is 0 Å². The summed E-state index contributed by atoms with van der Waals surface area (Å²) in [6, 6.07) is 1.46. The van der Waals surface area contributed by atoms with Crippen LogP contribution in [0.2, 0.25) is 5.02 Å². The van der Waals surface area contributed by atoms with Gasteiger partial charge in [0.15, 0.2) is 5.82 Å². The molecule has 0 atom stereocenters. The maximum Gasteiger partial charge on any atom is 0.277 e. The van der Waals surface area contributed by atoms with Gasteiger partial charge in [-0.05, 0) is 6.07 Å². The Bertz CT molecular complexity index is 817. The summed E-state index contributed by atoms with van der Waals surface area (Å²) in [5.74, 6) is -1.97. The second kappa shape index (κ2) is 5.39. The summed E-state index contributed by atoms with van der Waals surface area (Å²) in [4.78, 5) is 31.1. The fourth-order valence-electron chi connectivity index (χ4n) is 2.17. The zero-order chi connectivity index (χ0) is 15.9. The summed E-state index contributed by atoms with van der Waals surface area (Å²) >= 11 is 6.00. The van der Waals surface area contributed by atoms with E-state index in [0.717, 1.165) is 11.0 Å². The number of amides is 2. The van der Waals surface area contributed by atoms with Crippen LogP contribution >= 0.6 is 11.6 Å². The van der Waals surface area contributed by atoms with Gasteiger partial charge in [0.2, 0.25) is 0 Å². The fourth-order valence-corrected chi connectivity index (χ4v) is 2.41. The van der Waals surface area contributed by atoms with Gasteiger partial charge < -0.3 is 15.4 Å². The second-order valence-corrected chi connectivity index (χ2v) is 4.95. The Morgan fingerprint density at radius 1 is 1.45 bits per heavy atom. The van der Waals surface area contributed by atoms with Crippen molar-refractivity contribution in [2.24, 2.45) is 0 Å². The third kappa shape index (κ3) is 2.22. The highest BCUT2D eigenvalue weighted by molar-refractivity contribution is 6.34. The Morgan fingerprint density at radius 2 is 2.23 bits per heavy atom. The van der Waals surface area contributed by atoms with Gasteiger partial charge in [0.05, 0.1) is 35.7 Å². The molecule has 0 saturated carbocycles. The van der Waals surface area contributed by atoms with Gasteiger partial charge in [-0.1, -0.05) is 11.6 Å². The van der Waals surface area contributed by atoms with Crippen LogP contribution < -0.4 is 5.32 Å². The molecular formula is C13H10ClFN4O3. The lowest BCUT2D eigenvalue weighted by atomic mass is 10.2. The normalized spacial score (nSPS) is 14.9. The van der Waals surface area contributed by atoms with Crippen molar-refractivity contribution in [3.05, 3.63) is 35.0 Å². The van der Waals surface area contributed by atoms with E-state index in [9.17, 15) is 14.0 Å². The number of hydrogen-bond acceptors (Lipinski definition) is 5. The molecule has 114 valence electrons. The first-order valence-electron chi connectivity index (χ1n) is 6.29. The van der Waals surface area contributed by atoms with Crippen molar-refractivity contribution in [1.29, 1.82) is 0 Å². The number of β-amino-alcohol motifs (C(OH)–C–C–N with tert-alkyl or cyclic N) is 1. The highest BCUT2D eigenvalue weighted by atomic mass is 35.5. The lowest BCUT2D eigenvalue weighted by Crippen LogP contribution is -2.34. The van der Waals surface area contributed by atoms with E-state index in [2.05, 4.69) is 15.3 Å². The number of rotatable bonds is 4. The number of imidazole rings is 1. The average molecular weight is 325 g/mol. The number of aliphatic hydroxyl groups excluding tert-OH is 1. The molecule has 1 aliphatic rings. The predicted octanol–water partition coefficient (Wildman–Crippen LogP) is 1.01. The van der Waals surface area contributed by atoms with E-state index in [0.29, 0.717) is 5.52 Å². The molecule has 3 rings (SSSR count). The van der Waals surface area contributed by atoms with Crippen LogP contribution in [0.4, 0.5) is 10.1 Å². The first kappa shape index (κ1) is 14.5. The number of carbonyl (C=O) groups excluding carboxylic acids is 2. The summed E-state index contributed by atoms with van der Waals surface area (Å²) in [5, 5.41) is 11.4. The van der Waals surface area contributed by atoms with Gasteiger partial charge in [0.1, 0.15) is 11.2 Å². The molecule has 0 aliphatic carbocycles. The monoisotopic (exact) mass is 324 g/mol. The number of nitrogens with zero attached hydrogens (tertiary/aromatic N) is 2. The van der Waals surface area contributed by atoms with Gasteiger partial charge >= 0.3 is 0 Å². The number of benzene rings is 1. The summed E-state index contributed by atoms with van der Waals surface area (Å²) in [7, 11) is 0. The third-order valence-electron chi connectivity index (χ3n) is 3.20. The molecule has 1 aromatic heterocycles. The number of aromatic amines is 1. The molecule has 22 heavy (non-hydrogen) atoms. The highest BCUT2D eigenvalue weighted by Crippen LogP contribution is 2.32. The minimum Gasteiger partial charge on any atom is -0.395 e. The number of halogens is 2. The van der Waals surface area contributed by atoms with Crippen molar-refractivity contribution in [2.75, 3.05) is 18.5 Å². The summed E-state index contributed by atoms with van der Waals surface area (Å²) in [6.07, 6.45) is 2.35. The van der Waals surface area contributed by atoms with Crippen LogP contribution in [-0.2, 0) is 9.59 Å². The molecule has 0 bridgehead atoms. The molecule has 2 amide bonds. The molecule has 9 heteroatoms. The van der Waals surface area contributed by atoms with Crippen LogP contribution in [-0.4, -0.2) is 44.9 Å². The average Bonchev–Trinajstić information content (AvgIpc) is 3.04. The zero-order valence-electron chi connectivity index (χ0n) is 11.1. The molecule has 7 nitrogen and oxygen atoms in total. The number of H-pyrrole nitrogens is 1. The number of hydrogen-bond donors (Lipinski definition) is 3. The standard InChI is InChI=1S/C13H10ClFN4O3/c14-6-3-7-12(17-5-16-7)10(15)11(6)18-8-4-9(21)19(1-2-20)13(8)22/h3-5,18,20H,1-2H2,(H,16,17). The zero-order valence-corrected chi connectivity index (χ0v) is 11.8. The van der Waals surface area contributed by atoms with E-state index in [1.54, 1.807) is 0 Å². The Kier molecular flexibility index (Phi) is 3.55. The predicted molar refractivity (Wildman–Crippen MR) is 76.6 cm³/mol. The van der Waals surface area contributed by atoms with E-state index < -0.39 is 17.6 Å². The minimum atomic E-state index is -0.731. The molecule has 0 spiro atoms. The smallest absolute Gasteiger partial charge is 0.277 e. The van der Waals surface area contributed by atoms with Gasteiger partial charge in [0.25, 0.3) is 11.8 Å². The SMILES string of the molecule is O=C1C=C(Nc2c(Cl)cc3[nH]cnc3c2F)C(=O)N1CCO. The number of nitrogens with one attached hydrogen (secondary N) is 2. The Labute approximate surface area is 128 Å². The van der Waals surface area contributed by atoms with Crippen molar-refractivity contribution in [3.63, 3.8) is 0 Å². The van der Waals surface area contributed by atoms with Gasteiger partial charge in [-0.3, -0.25) is 14.5 Å². The van der Waals surface area contributed by atoms with Crippen LogP contribution in [0.1, 0.15) is 0 Å². The number of anilines is 1. The van der Waals surface area contributed by atoms with Crippen molar-refractivity contribution in [3.8, 4) is 0 Å². The largest absolute Gasteiger partial charge is 0.395 e. The number of aromatic nitrogens is 2. The van der Waals surface area contributed by atoms with Crippen LogP contribution in [0.3, 0.4) is 0 Å². The van der Waals surface area contributed by atoms with Crippen LogP contribution in [0.25, 0.3) is 11.0 Å². The van der Waals surface area contributed by atoms with Gasteiger partial charge in [-0.15, -0.1) is 0 Å². The van der Waals surface area contributed by atoms with E-state index in [-0.39, 0.29) is 35.1 Å². The number of fused-ring (bicyclic) bond motifs is 1. The summed E-state index contributed by atoms with van der Waals surface area (Å²) < 4.78 is 14.4. The number of imide groups is 1. The number of aliphatic hydroxyl groups is 1. The molecule has 2 aromatic rings. The molecule has 3 N–H and O–H groups in total. The van der Waals surface area contributed by atoms with Gasteiger partial charge in [0, 0.05) is 6.08 Å². The van der Waals surface area contributed by atoms with Crippen LogP contribution in [0.5, 0.6) is 0 Å². The van der Waals surface area contributed by atoms with Crippen LogP contribution in [0, 0.1) is 5.82 Å². The molecule has 2 heterocycles. The Balaban J connectivity index is 1.96. The topological polar surface area (TPSA) is 98.3 Å². The van der Waals surface area contributed by atoms with Gasteiger partial charge in [-0.25, -0.2) is 9.37 Å². The Hall–Kier alpha value is -2.45. The second-order valence-electron chi connectivity index (χ2n) is 4.55. The molecule has 0 saturated heterocycles. The van der Waals surface area contributed by atoms with Crippen LogP contribution in [0.15, 0.2) is 24.2 Å². The lowest BCUT2D eigenvalue weighted by Gasteiger charge is -2.14. The first-order chi connectivity index (χ1) is 10.5. The highest BCUT2D eigenvalue weighted by Gasteiger charge is 2.31. The molecule has 0 radical (unpaired) electrons. The van der Waals surface area contributed by atoms with E-state index in [4.69, 9.17) is 16.7 Å². The van der Waals surface area contributed by atoms with Crippen molar-refractivity contribution < 1.29 is 19.1 Å². The Morgan fingerprint density at radius 3 is 2.95 bits per heavy atom. The molecule has 0 unspecified atom stereocenters. The quantitative estimate of drug-likeness (QED) is 0.729. The minimum absolute atomic E-state index is 0.0380. The van der Waals surface area contributed by atoms with E-state index in [1.165, 1.54) is 12.4 Å². The molecule has 1 aliphatic heterocycles. The summed E-state index contributed by atoms with van der Waals surface area (Å²) in [5.41, 5.74) is 0.225. The molecule has 1 aromatic carbocycles. The molecule has 0 fully saturated rings. The van der Waals surface area contributed by atoms with Gasteiger partial charge in [-0.2, -0.15) is 0 Å². The van der Waals surface area contributed by atoms with Crippen molar-refractivity contribution >= 4 is 40.1 Å². The first-order valence-corrected chi connectivity index (χ1v) is 6.67. The number of carbonyl (C=O) groups is 2. The van der Waals surface area contributed by atoms with E-state index in [1.807, 2.05) is 0 Å². The maximum absolute atomic E-state index is 14.4. The van der Waals surface area contributed by atoms with Crippen molar-refractivity contribution in [1.82, 2.24) is 14.9 Å². The fraction of sp³-hybridized carbons (Fsp3) is 0.154. The summed E-state index contributed by atoms with van der Waals surface area (Å²) in [6.45, 7) is -0.485. The molecular weight excluding hydrogens is 315 g/mol.